The van der Waals surface area contributed by atoms with E-state index in [0.29, 0.717) is 0 Å². The predicted molar refractivity (Wildman–Crippen MR) is 121 cm³/mol. The van der Waals surface area contributed by atoms with Crippen LogP contribution in [0.3, 0.4) is 0 Å². The molecule has 4 nitrogen and oxygen atoms in total. The van der Waals surface area contributed by atoms with Gasteiger partial charge in [0.1, 0.15) is 0 Å². The van der Waals surface area contributed by atoms with Crippen LogP contribution in [-0.2, 0) is 4.74 Å². The van der Waals surface area contributed by atoms with Crippen LogP contribution in [0.2, 0.25) is 0 Å². The Morgan fingerprint density at radius 3 is 2.44 bits per heavy atom. The monoisotopic (exact) mass is 483 g/mol. The highest BCUT2D eigenvalue weighted by atomic mass is 127. The summed E-state index contributed by atoms with van der Waals surface area (Å²) in [5.74, 6) is 2.83. The van der Waals surface area contributed by atoms with E-state index in [0.717, 1.165) is 63.5 Å². The highest BCUT2D eigenvalue weighted by Crippen LogP contribution is 2.34. The summed E-state index contributed by atoms with van der Waals surface area (Å²) in [6.45, 7) is 9.26. The summed E-state index contributed by atoms with van der Waals surface area (Å²) in [6, 6.07) is 0. The third-order valence-corrected chi connectivity index (χ3v) is 7.12. The summed E-state index contributed by atoms with van der Waals surface area (Å²) in [6.07, 6.45) is 9.97. The van der Waals surface area contributed by atoms with Crippen molar-refractivity contribution in [1.29, 1.82) is 0 Å². The molecule has 2 aliphatic rings. The van der Waals surface area contributed by atoms with Crippen LogP contribution >= 0.6 is 35.7 Å². The zero-order chi connectivity index (χ0) is 17.4. The second-order valence-electron chi connectivity index (χ2n) is 7.68. The van der Waals surface area contributed by atoms with Crippen LogP contribution in [0.15, 0.2) is 4.99 Å². The molecule has 25 heavy (non-hydrogen) atoms. The number of halogens is 1. The van der Waals surface area contributed by atoms with Gasteiger partial charge in [-0.1, -0.05) is 19.8 Å². The molecule has 1 heterocycles. The normalized spacial score (nSPS) is 26.6. The minimum Gasteiger partial charge on any atom is -0.381 e. The number of guanidine groups is 1. The Kier molecular flexibility index (Phi) is 11.1. The Morgan fingerprint density at radius 2 is 1.88 bits per heavy atom. The largest absolute Gasteiger partial charge is 0.381 e. The van der Waals surface area contributed by atoms with Crippen molar-refractivity contribution in [3.63, 3.8) is 0 Å². The minimum atomic E-state index is 0. The molecule has 1 aliphatic heterocycles. The number of thioether (sulfide) groups is 1. The van der Waals surface area contributed by atoms with E-state index in [1.54, 1.807) is 0 Å². The minimum absolute atomic E-state index is 0. The van der Waals surface area contributed by atoms with Crippen LogP contribution < -0.4 is 5.32 Å². The lowest BCUT2D eigenvalue weighted by molar-refractivity contribution is 0.0793. The van der Waals surface area contributed by atoms with Crippen LogP contribution in [0.25, 0.3) is 0 Å². The highest BCUT2D eigenvalue weighted by Gasteiger charge is 2.32. The fourth-order valence-corrected chi connectivity index (χ4v) is 4.61. The van der Waals surface area contributed by atoms with Crippen LogP contribution in [0, 0.1) is 11.8 Å². The van der Waals surface area contributed by atoms with Gasteiger partial charge in [0.25, 0.3) is 0 Å². The molecule has 0 unspecified atom stereocenters. The highest BCUT2D eigenvalue weighted by molar-refractivity contribution is 14.0. The lowest BCUT2D eigenvalue weighted by Crippen LogP contribution is -2.43. The smallest absolute Gasteiger partial charge is 0.193 e. The van der Waals surface area contributed by atoms with Gasteiger partial charge in [0.15, 0.2) is 5.96 Å². The van der Waals surface area contributed by atoms with Crippen molar-refractivity contribution in [2.24, 2.45) is 16.8 Å². The molecule has 1 saturated heterocycles. The maximum absolute atomic E-state index is 5.55. The molecule has 1 aliphatic carbocycles. The Balaban J connectivity index is 0.00000312. The van der Waals surface area contributed by atoms with E-state index in [4.69, 9.17) is 9.73 Å². The molecule has 6 heteroatoms. The number of nitrogens with one attached hydrogen (secondary N) is 1. The van der Waals surface area contributed by atoms with Crippen molar-refractivity contribution < 1.29 is 4.74 Å². The van der Waals surface area contributed by atoms with Crippen molar-refractivity contribution in [3.05, 3.63) is 0 Å². The Labute approximate surface area is 176 Å². The number of nitrogens with zero attached hydrogens (tertiary/aromatic N) is 2. The molecule has 0 bridgehead atoms. The SMILES string of the molecule is CCNC(=NCC1(SC)CCOCC1)N(C)CC1CCC(C)CC1.I. The quantitative estimate of drug-likeness (QED) is 0.349. The molecule has 2 rings (SSSR count). The number of aliphatic imine (C=N–C) groups is 1. The number of ether oxygens (including phenoxy) is 1. The fourth-order valence-electron chi connectivity index (χ4n) is 3.84. The van der Waals surface area contributed by atoms with E-state index in [1.807, 2.05) is 11.8 Å². The van der Waals surface area contributed by atoms with Gasteiger partial charge in [0.2, 0.25) is 0 Å². The number of hydrogen-bond donors (Lipinski definition) is 1. The van der Waals surface area contributed by atoms with Gasteiger partial charge in [-0.2, -0.15) is 11.8 Å². The average Bonchev–Trinajstić information content (AvgIpc) is 2.61. The molecular formula is C19H38IN3OS. The van der Waals surface area contributed by atoms with E-state index in [2.05, 4.69) is 37.4 Å². The van der Waals surface area contributed by atoms with E-state index < -0.39 is 0 Å². The van der Waals surface area contributed by atoms with Gasteiger partial charge in [-0.3, -0.25) is 4.99 Å². The lowest BCUT2D eigenvalue weighted by atomic mass is 9.83. The fraction of sp³-hybridized carbons (Fsp3) is 0.947. The molecule has 0 radical (unpaired) electrons. The third-order valence-electron chi connectivity index (χ3n) is 5.72. The first-order chi connectivity index (χ1) is 11.6. The predicted octanol–water partition coefficient (Wildman–Crippen LogP) is 4.24. The van der Waals surface area contributed by atoms with Gasteiger partial charge < -0.3 is 15.0 Å². The zero-order valence-corrected chi connectivity index (χ0v) is 19.7. The zero-order valence-electron chi connectivity index (χ0n) is 16.6. The molecule has 1 N–H and O–H groups in total. The Hall–Kier alpha value is 0.310. The van der Waals surface area contributed by atoms with E-state index in [9.17, 15) is 0 Å². The summed E-state index contributed by atoms with van der Waals surface area (Å²) in [5, 5.41) is 3.50. The second kappa shape index (κ2) is 11.9. The second-order valence-corrected chi connectivity index (χ2v) is 8.95. The van der Waals surface area contributed by atoms with E-state index in [-0.39, 0.29) is 28.7 Å². The van der Waals surface area contributed by atoms with Gasteiger partial charge in [-0.15, -0.1) is 24.0 Å². The molecular weight excluding hydrogens is 445 g/mol. The topological polar surface area (TPSA) is 36.9 Å². The number of hydrogen-bond acceptors (Lipinski definition) is 3. The van der Waals surface area contributed by atoms with Crippen molar-refractivity contribution in [2.45, 2.75) is 57.1 Å². The van der Waals surface area contributed by atoms with Crippen LogP contribution in [0.1, 0.15) is 52.4 Å². The van der Waals surface area contributed by atoms with Crippen molar-refractivity contribution in [1.82, 2.24) is 10.2 Å². The summed E-state index contributed by atoms with van der Waals surface area (Å²) in [5.41, 5.74) is 0. The maximum atomic E-state index is 5.55. The molecule has 0 aromatic rings. The van der Waals surface area contributed by atoms with Crippen molar-refractivity contribution >= 4 is 41.7 Å². The van der Waals surface area contributed by atoms with Gasteiger partial charge in [0, 0.05) is 38.1 Å². The first-order valence-electron chi connectivity index (χ1n) is 9.71. The first-order valence-corrected chi connectivity index (χ1v) is 10.9. The average molecular weight is 484 g/mol. The summed E-state index contributed by atoms with van der Waals surface area (Å²) in [4.78, 5) is 7.37. The van der Waals surface area contributed by atoms with Gasteiger partial charge >= 0.3 is 0 Å². The molecule has 0 amide bonds. The Bertz CT molecular complexity index is 394. The van der Waals surface area contributed by atoms with Crippen LogP contribution in [0.4, 0.5) is 0 Å². The number of rotatable bonds is 6. The third kappa shape index (κ3) is 7.45. The first kappa shape index (κ1) is 23.3. The lowest BCUT2D eigenvalue weighted by Gasteiger charge is -2.35. The van der Waals surface area contributed by atoms with Gasteiger partial charge in [0.05, 0.1) is 6.54 Å². The van der Waals surface area contributed by atoms with Crippen molar-refractivity contribution in [2.75, 3.05) is 46.2 Å². The molecule has 2 fully saturated rings. The molecule has 1 saturated carbocycles. The summed E-state index contributed by atoms with van der Waals surface area (Å²) in [7, 11) is 2.20. The van der Waals surface area contributed by atoms with Crippen molar-refractivity contribution in [3.8, 4) is 0 Å². The molecule has 0 spiro atoms. The molecule has 0 atom stereocenters. The van der Waals surface area contributed by atoms with Gasteiger partial charge in [-0.25, -0.2) is 0 Å². The molecule has 0 aromatic carbocycles. The standard InChI is InChI=1S/C19H37N3OS.HI/c1-5-20-18(21-15-19(24-4)10-12-23-13-11-19)22(3)14-17-8-6-16(2)7-9-17;/h16-17H,5-15H2,1-4H3,(H,20,21);1H. The molecule has 148 valence electrons. The van der Waals surface area contributed by atoms with Crippen LogP contribution in [0.5, 0.6) is 0 Å². The van der Waals surface area contributed by atoms with E-state index >= 15 is 0 Å². The van der Waals surface area contributed by atoms with Gasteiger partial charge in [-0.05, 0) is 50.7 Å². The maximum Gasteiger partial charge on any atom is 0.193 e. The Morgan fingerprint density at radius 1 is 1.24 bits per heavy atom. The van der Waals surface area contributed by atoms with E-state index in [1.165, 1.54) is 25.7 Å². The van der Waals surface area contributed by atoms with Crippen LogP contribution in [-0.4, -0.2) is 61.8 Å². The summed E-state index contributed by atoms with van der Waals surface area (Å²) < 4.78 is 5.81. The molecule has 0 aromatic heterocycles. The summed E-state index contributed by atoms with van der Waals surface area (Å²) >= 11 is 1.97.